The van der Waals surface area contributed by atoms with Gasteiger partial charge in [-0.2, -0.15) is 0 Å². The SMILES string of the molecule is C[C@@H]1O[C@@H](O[C@H]2[C@H](O[C@H]3[C@H](OCc4ccccc4)[C@@H](OCc4ccccc4)[C@H](O)O[C@@H]3COCc3ccccc3)O[C@@H]3COC(c4ccccc4)O[C@@H]3[C@@H]2O)[C@@H](OCc2ccccc2)[C@H](OCc2ccccc2)[C@@H]1OCc1ccccc1. The van der Waals surface area contributed by atoms with E-state index in [2.05, 4.69) is 0 Å². The molecule has 15 heteroatoms. The second kappa shape index (κ2) is 29.0. The van der Waals surface area contributed by atoms with Crippen LogP contribution in [0.3, 0.4) is 0 Å². The maximum absolute atomic E-state index is 13.1. The third kappa shape index (κ3) is 15.0. The second-order valence-electron chi connectivity index (χ2n) is 21.0. The first kappa shape index (κ1) is 57.7. The van der Waals surface area contributed by atoms with E-state index in [1.807, 2.05) is 219 Å². The lowest BCUT2D eigenvalue weighted by Gasteiger charge is -2.52. The number of hydrogen-bond donors (Lipinski definition) is 2. The fourth-order valence-electron chi connectivity index (χ4n) is 10.9. The predicted octanol–water partition coefficient (Wildman–Crippen LogP) is 9.56. The van der Waals surface area contributed by atoms with Crippen LogP contribution in [0.2, 0.25) is 0 Å². The molecule has 11 rings (SSSR count). The number of rotatable bonds is 24. The molecule has 0 spiro atoms. The number of ether oxygens (including phenoxy) is 13. The van der Waals surface area contributed by atoms with Crippen LogP contribution in [0, 0.1) is 0 Å². The number of benzene rings is 7. The fourth-order valence-corrected chi connectivity index (χ4v) is 10.9. The minimum absolute atomic E-state index is 0.0315. The standard InChI is InChI=1S/C67H72O15/c1-45-56(71-38-47-25-11-3-12-26-47)60(72-39-48-27-13-4-14-28-48)63(75-42-51-33-19-7-20-34-51)67(77-45)82-59-55(68)57-54(44-76-65(80-57)52-35-21-8-22-36-52)79-66(59)81-58-53(43-70-37-46-23-9-2-10-24-46)78-64(69)62(74-41-50-31-17-6-18-32-50)61(58)73-40-49-29-15-5-16-30-49/h2-36,45,53-69H,37-44H2,1H3/t45-,53+,54+,55-,56+,57-,58+,59+,60+,61-,62+,63-,64+,65?,66-,67-/m0/s1. The van der Waals surface area contributed by atoms with Crippen LogP contribution in [0.4, 0.5) is 0 Å². The van der Waals surface area contributed by atoms with Gasteiger partial charge in [0.1, 0.15) is 67.1 Å². The Labute approximate surface area is 479 Å². The predicted molar refractivity (Wildman–Crippen MR) is 301 cm³/mol. The summed E-state index contributed by atoms with van der Waals surface area (Å²) in [5.41, 5.74) is 6.27. The average Bonchev–Trinajstić information content (AvgIpc) is 3.29. The van der Waals surface area contributed by atoms with Crippen LogP contribution in [-0.4, -0.2) is 116 Å². The van der Waals surface area contributed by atoms with E-state index >= 15 is 0 Å². The Morgan fingerprint density at radius 1 is 0.390 bits per heavy atom. The minimum Gasteiger partial charge on any atom is -0.387 e. The molecule has 4 heterocycles. The molecule has 0 saturated carbocycles. The third-order valence-corrected chi connectivity index (χ3v) is 15.1. The van der Waals surface area contributed by atoms with Gasteiger partial charge in [-0.05, 0) is 40.3 Å². The van der Waals surface area contributed by atoms with Crippen molar-refractivity contribution in [1.29, 1.82) is 0 Å². The van der Waals surface area contributed by atoms with E-state index in [9.17, 15) is 10.2 Å². The summed E-state index contributed by atoms with van der Waals surface area (Å²) < 4.78 is 88.6. The zero-order chi connectivity index (χ0) is 55.9. The van der Waals surface area contributed by atoms with E-state index in [-0.39, 0.29) is 52.9 Å². The first-order valence-electron chi connectivity index (χ1n) is 28.2. The monoisotopic (exact) mass is 1120 g/mol. The summed E-state index contributed by atoms with van der Waals surface area (Å²) in [7, 11) is 0. The zero-order valence-corrected chi connectivity index (χ0v) is 45.8. The Balaban J connectivity index is 0.958. The average molecular weight is 1120 g/mol. The van der Waals surface area contributed by atoms with Gasteiger partial charge >= 0.3 is 0 Å². The fraction of sp³-hybridized carbons (Fsp3) is 0.373. The smallest absolute Gasteiger partial charge is 0.187 e. The third-order valence-electron chi connectivity index (χ3n) is 15.1. The van der Waals surface area contributed by atoms with Crippen LogP contribution < -0.4 is 0 Å². The second-order valence-corrected chi connectivity index (χ2v) is 21.0. The highest BCUT2D eigenvalue weighted by atomic mass is 16.8. The highest BCUT2D eigenvalue weighted by molar-refractivity contribution is 5.20. The molecule has 0 bridgehead atoms. The van der Waals surface area contributed by atoms with Crippen molar-refractivity contribution in [3.8, 4) is 0 Å². The summed E-state index contributed by atoms with van der Waals surface area (Å²) in [6.45, 7) is 3.03. The van der Waals surface area contributed by atoms with Crippen LogP contribution in [0.1, 0.15) is 52.2 Å². The first-order valence-corrected chi connectivity index (χ1v) is 28.2. The van der Waals surface area contributed by atoms with Crippen molar-refractivity contribution in [2.24, 2.45) is 0 Å². The van der Waals surface area contributed by atoms with E-state index < -0.39 is 98.4 Å². The van der Waals surface area contributed by atoms with E-state index in [4.69, 9.17) is 61.6 Å². The van der Waals surface area contributed by atoms with Gasteiger partial charge in [-0.1, -0.05) is 212 Å². The quantitative estimate of drug-likeness (QED) is 0.0589. The van der Waals surface area contributed by atoms with Crippen molar-refractivity contribution in [1.82, 2.24) is 0 Å². The Morgan fingerprint density at radius 3 is 1.27 bits per heavy atom. The molecule has 4 saturated heterocycles. The van der Waals surface area contributed by atoms with E-state index in [0.717, 1.165) is 38.9 Å². The van der Waals surface area contributed by atoms with Crippen molar-refractivity contribution < 1.29 is 71.8 Å². The molecule has 0 radical (unpaired) electrons. The van der Waals surface area contributed by atoms with Crippen molar-refractivity contribution in [2.45, 2.75) is 145 Å². The van der Waals surface area contributed by atoms with Crippen LogP contribution in [0.5, 0.6) is 0 Å². The largest absolute Gasteiger partial charge is 0.387 e. The number of fused-ring (bicyclic) bond motifs is 1. The van der Waals surface area contributed by atoms with Crippen molar-refractivity contribution in [3.63, 3.8) is 0 Å². The van der Waals surface area contributed by atoms with E-state index in [0.29, 0.717) is 0 Å². The van der Waals surface area contributed by atoms with Gasteiger partial charge < -0.3 is 71.8 Å². The van der Waals surface area contributed by atoms with Crippen molar-refractivity contribution in [2.75, 3.05) is 13.2 Å². The lowest BCUT2D eigenvalue weighted by molar-refractivity contribution is -0.412. The molecule has 0 aromatic heterocycles. The van der Waals surface area contributed by atoms with E-state index in [1.54, 1.807) is 0 Å². The van der Waals surface area contributed by atoms with Gasteiger partial charge in [0.2, 0.25) is 0 Å². The normalized spacial score (nSPS) is 30.1. The molecular weight excluding hydrogens is 1040 g/mol. The topological polar surface area (TPSA) is 160 Å². The molecule has 4 fully saturated rings. The van der Waals surface area contributed by atoms with Crippen molar-refractivity contribution >= 4 is 0 Å². The summed E-state index contributed by atoms with van der Waals surface area (Å²) in [5, 5.41) is 25.1. The van der Waals surface area contributed by atoms with Gasteiger partial charge in [0.05, 0.1) is 59.0 Å². The number of aliphatic hydroxyl groups excluding tert-OH is 2. The maximum atomic E-state index is 13.1. The maximum Gasteiger partial charge on any atom is 0.187 e. The number of aliphatic hydroxyl groups is 2. The molecule has 430 valence electrons. The molecular formula is C67H72O15. The van der Waals surface area contributed by atoms with Gasteiger partial charge in [-0.25, -0.2) is 0 Å². The summed E-state index contributed by atoms with van der Waals surface area (Å²) in [6, 6.07) is 68.3. The summed E-state index contributed by atoms with van der Waals surface area (Å²) in [6.07, 6.45) is -16.8. The zero-order valence-electron chi connectivity index (χ0n) is 45.8. The molecule has 1 unspecified atom stereocenters. The molecule has 0 aliphatic carbocycles. The van der Waals surface area contributed by atoms with Gasteiger partial charge in [0, 0.05) is 5.56 Å². The summed E-state index contributed by atoms with van der Waals surface area (Å²) in [5.74, 6) is 0. The molecule has 7 aromatic carbocycles. The molecule has 4 aliphatic heterocycles. The molecule has 82 heavy (non-hydrogen) atoms. The van der Waals surface area contributed by atoms with Crippen LogP contribution >= 0.6 is 0 Å². The lowest BCUT2D eigenvalue weighted by atomic mass is 9.95. The Kier molecular flexibility index (Phi) is 20.4. The lowest BCUT2D eigenvalue weighted by Crippen LogP contribution is -2.68. The van der Waals surface area contributed by atoms with E-state index in [1.165, 1.54) is 0 Å². The molecule has 2 N–H and O–H groups in total. The Morgan fingerprint density at radius 2 is 0.780 bits per heavy atom. The summed E-state index contributed by atoms with van der Waals surface area (Å²) >= 11 is 0. The molecule has 16 atom stereocenters. The van der Waals surface area contributed by atoms with Crippen LogP contribution in [0.15, 0.2) is 212 Å². The molecule has 4 aliphatic rings. The van der Waals surface area contributed by atoms with Gasteiger partial charge in [0.25, 0.3) is 0 Å². The number of hydrogen-bond acceptors (Lipinski definition) is 15. The highest BCUT2D eigenvalue weighted by Gasteiger charge is 2.57. The van der Waals surface area contributed by atoms with Crippen LogP contribution in [0.25, 0.3) is 0 Å². The highest BCUT2D eigenvalue weighted by Crippen LogP contribution is 2.40. The van der Waals surface area contributed by atoms with Gasteiger partial charge in [0.15, 0.2) is 25.2 Å². The Bertz CT molecular complexity index is 2920. The molecule has 7 aromatic rings. The molecule has 0 amide bonds. The van der Waals surface area contributed by atoms with Crippen molar-refractivity contribution in [3.05, 3.63) is 251 Å². The summed E-state index contributed by atoms with van der Waals surface area (Å²) in [4.78, 5) is 0. The van der Waals surface area contributed by atoms with Crippen LogP contribution in [-0.2, 0) is 101 Å². The Hall–Kier alpha value is -6.06. The van der Waals surface area contributed by atoms with Gasteiger partial charge in [-0.15, -0.1) is 0 Å². The first-order chi connectivity index (χ1) is 40.4. The van der Waals surface area contributed by atoms with Gasteiger partial charge in [-0.3, -0.25) is 0 Å². The minimum atomic E-state index is -1.48. The molecule has 15 nitrogen and oxygen atoms in total.